The minimum absolute atomic E-state index is 0.0701. The van der Waals surface area contributed by atoms with Crippen LogP contribution < -0.4 is 5.56 Å². The van der Waals surface area contributed by atoms with Gasteiger partial charge < -0.3 is 0 Å². The molecule has 0 aliphatic carbocycles. The quantitative estimate of drug-likeness (QED) is 0.631. The Balaban J connectivity index is 2.39. The molecule has 3 heterocycles. The predicted octanol–water partition coefficient (Wildman–Crippen LogP) is 2.09. The van der Waals surface area contributed by atoms with Crippen LogP contribution in [0.15, 0.2) is 41.6 Å². The highest BCUT2D eigenvalue weighted by atomic mass is 127. The Bertz CT molecular complexity index is 773. The first-order chi connectivity index (χ1) is 8.68. The number of pyridine rings is 2. The van der Waals surface area contributed by atoms with Crippen LogP contribution in [0.3, 0.4) is 0 Å². The maximum Gasteiger partial charge on any atom is 0.285 e. The summed E-state index contributed by atoms with van der Waals surface area (Å²) in [6.07, 6.45) is 5.02. The summed E-state index contributed by atoms with van der Waals surface area (Å²) in [5, 5.41) is 0.604. The number of rotatable bonds is 1. The van der Waals surface area contributed by atoms with Crippen molar-refractivity contribution < 1.29 is 0 Å². The zero-order valence-corrected chi connectivity index (χ0v) is 11.7. The smallest absolute Gasteiger partial charge is 0.266 e. The van der Waals surface area contributed by atoms with Gasteiger partial charge in [0.15, 0.2) is 0 Å². The summed E-state index contributed by atoms with van der Waals surface area (Å²) in [6.45, 7) is 1.93. The van der Waals surface area contributed by atoms with Crippen LogP contribution in [0.2, 0.25) is 0 Å². The second-order valence-electron chi connectivity index (χ2n) is 3.93. The van der Waals surface area contributed by atoms with Crippen LogP contribution in [0.25, 0.3) is 16.6 Å². The lowest BCUT2D eigenvalue weighted by molar-refractivity contribution is 0.858. The lowest BCUT2D eigenvalue weighted by Gasteiger charge is -2.07. The minimum Gasteiger partial charge on any atom is -0.266 e. The van der Waals surface area contributed by atoms with Gasteiger partial charge in [-0.3, -0.25) is 14.8 Å². The van der Waals surface area contributed by atoms with E-state index in [-0.39, 0.29) is 5.56 Å². The Morgan fingerprint density at radius 3 is 2.78 bits per heavy atom. The fourth-order valence-corrected chi connectivity index (χ4v) is 2.59. The molecule has 3 aromatic rings. The fourth-order valence-electron chi connectivity index (χ4n) is 1.85. The van der Waals surface area contributed by atoms with Gasteiger partial charge >= 0.3 is 0 Å². The van der Waals surface area contributed by atoms with Gasteiger partial charge in [-0.25, -0.2) is 4.68 Å². The highest BCUT2D eigenvalue weighted by molar-refractivity contribution is 14.1. The van der Waals surface area contributed by atoms with Crippen molar-refractivity contribution in [2.24, 2.45) is 0 Å². The Labute approximate surface area is 117 Å². The molecule has 0 saturated carbocycles. The van der Waals surface area contributed by atoms with Crippen molar-refractivity contribution >= 4 is 33.8 Å². The Morgan fingerprint density at radius 2 is 2.06 bits per heavy atom. The highest BCUT2D eigenvalue weighted by Crippen LogP contribution is 2.17. The maximum absolute atomic E-state index is 12.1. The lowest BCUT2D eigenvalue weighted by atomic mass is 10.3. The second kappa shape index (κ2) is 4.20. The van der Waals surface area contributed by atoms with Gasteiger partial charge in [0.25, 0.3) is 5.56 Å². The van der Waals surface area contributed by atoms with E-state index in [1.807, 2.05) is 52.7 Å². The number of nitrogens with zero attached hydrogens (tertiary/aromatic N) is 4. The van der Waals surface area contributed by atoms with Crippen molar-refractivity contribution in [3.05, 3.63) is 52.8 Å². The number of aromatic nitrogens is 4. The van der Waals surface area contributed by atoms with Crippen molar-refractivity contribution in [2.45, 2.75) is 6.92 Å². The second-order valence-corrected chi connectivity index (χ2v) is 4.84. The monoisotopic (exact) mass is 352 g/mol. The van der Waals surface area contributed by atoms with Crippen molar-refractivity contribution in [3.8, 4) is 5.69 Å². The van der Waals surface area contributed by atoms with E-state index in [9.17, 15) is 4.79 Å². The van der Waals surface area contributed by atoms with Gasteiger partial charge in [-0.05, 0) is 25.1 Å². The molecular weight excluding hydrogens is 343 g/mol. The summed E-state index contributed by atoms with van der Waals surface area (Å²) >= 11 is 1.98. The van der Waals surface area contributed by atoms with Gasteiger partial charge in [0.1, 0.15) is 0 Å². The molecule has 0 aromatic carbocycles. The van der Waals surface area contributed by atoms with Gasteiger partial charge in [0.05, 0.1) is 45.7 Å². The standard InChI is InChI=1S/C12H9IN4O/c1-8-2-3-9(6-15-8)16-11-4-5-14-7-10(11)12(18)17(16)13/h2-7H,1H3. The van der Waals surface area contributed by atoms with Crippen LogP contribution in [-0.4, -0.2) is 17.5 Å². The molecular formula is C12H9IN4O. The van der Waals surface area contributed by atoms with Gasteiger partial charge in [0, 0.05) is 18.1 Å². The number of fused-ring (bicyclic) bond motifs is 1. The molecule has 3 aromatic heterocycles. The van der Waals surface area contributed by atoms with Crippen LogP contribution in [0.4, 0.5) is 0 Å². The molecule has 0 atom stereocenters. The molecule has 0 unspecified atom stereocenters. The van der Waals surface area contributed by atoms with E-state index in [0.29, 0.717) is 5.39 Å². The van der Waals surface area contributed by atoms with Crippen LogP contribution in [0, 0.1) is 6.92 Å². The van der Waals surface area contributed by atoms with Crippen LogP contribution in [0.1, 0.15) is 5.69 Å². The van der Waals surface area contributed by atoms with Crippen molar-refractivity contribution in [2.75, 3.05) is 0 Å². The summed E-state index contributed by atoms with van der Waals surface area (Å²) in [5.41, 5.74) is 2.56. The number of aryl methyl sites for hydroxylation is 1. The molecule has 0 N–H and O–H groups in total. The zero-order chi connectivity index (χ0) is 12.7. The van der Waals surface area contributed by atoms with E-state index in [1.54, 1.807) is 18.6 Å². The molecule has 0 fully saturated rings. The first-order valence-corrected chi connectivity index (χ1v) is 6.32. The summed E-state index contributed by atoms with van der Waals surface area (Å²) in [5.74, 6) is 0. The fraction of sp³-hybridized carbons (Fsp3) is 0.0833. The first-order valence-electron chi connectivity index (χ1n) is 5.35. The molecule has 5 nitrogen and oxygen atoms in total. The maximum atomic E-state index is 12.1. The van der Waals surface area contributed by atoms with E-state index in [4.69, 9.17) is 0 Å². The third kappa shape index (κ3) is 1.64. The Hall–Kier alpha value is -1.70. The van der Waals surface area contributed by atoms with Gasteiger partial charge in [-0.2, -0.15) is 2.90 Å². The number of halogens is 1. The topological polar surface area (TPSA) is 52.7 Å². The van der Waals surface area contributed by atoms with E-state index in [2.05, 4.69) is 9.97 Å². The number of hydrogen-bond acceptors (Lipinski definition) is 3. The predicted molar refractivity (Wildman–Crippen MR) is 77.3 cm³/mol. The van der Waals surface area contributed by atoms with Gasteiger partial charge in [0.2, 0.25) is 0 Å². The third-order valence-electron chi connectivity index (χ3n) is 2.74. The van der Waals surface area contributed by atoms with Crippen molar-refractivity contribution in [1.29, 1.82) is 0 Å². The molecule has 0 radical (unpaired) electrons. The first kappa shape index (κ1) is 11.4. The molecule has 18 heavy (non-hydrogen) atoms. The summed E-state index contributed by atoms with van der Waals surface area (Å²) in [6, 6.07) is 5.69. The van der Waals surface area contributed by atoms with E-state index in [1.165, 1.54) is 2.90 Å². The highest BCUT2D eigenvalue weighted by Gasteiger charge is 2.12. The van der Waals surface area contributed by atoms with Gasteiger partial charge in [-0.1, -0.05) is 0 Å². The summed E-state index contributed by atoms with van der Waals surface area (Å²) < 4.78 is 3.36. The SMILES string of the molecule is Cc1ccc(-n2c3ccncc3c(=O)n2I)cn1. The van der Waals surface area contributed by atoms with Crippen LogP contribution >= 0.6 is 22.9 Å². The van der Waals surface area contributed by atoms with Gasteiger partial charge in [-0.15, -0.1) is 0 Å². The molecule has 0 amide bonds. The Morgan fingerprint density at radius 1 is 1.22 bits per heavy atom. The molecule has 6 heteroatoms. The van der Waals surface area contributed by atoms with Crippen LogP contribution in [-0.2, 0) is 0 Å². The summed E-state index contributed by atoms with van der Waals surface area (Å²) in [7, 11) is 0. The largest absolute Gasteiger partial charge is 0.285 e. The molecule has 0 spiro atoms. The Kier molecular flexibility index (Phi) is 2.66. The zero-order valence-electron chi connectivity index (χ0n) is 9.54. The molecule has 0 aliphatic rings. The average Bonchev–Trinajstić information content (AvgIpc) is 2.64. The van der Waals surface area contributed by atoms with E-state index in [0.717, 1.165) is 16.9 Å². The molecule has 0 aliphatic heterocycles. The average molecular weight is 352 g/mol. The third-order valence-corrected chi connectivity index (χ3v) is 3.61. The summed E-state index contributed by atoms with van der Waals surface area (Å²) in [4.78, 5) is 20.3. The van der Waals surface area contributed by atoms with E-state index >= 15 is 0 Å². The molecule has 3 rings (SSSR count). The van der Waals surface area contributed by atoms with E-state index < -0.39 is 0 Å². The molecule has 0 bridgehead atoms. The minimum atomic E-state index is -0.0701. The molecule has 90 valence electrons. The van der Waals surface area contributed by atoms with Crippen LogP contribution in [0.5, 0.6) is 0 Å². The lowest BCUT2D eigenvalue weighted by Crippen LogP contribution is -2.12. The van der Waals surface area contributed by atoms with Crippen molar-refractivity contribution in [3.63, 3.8) is 0 Å². The normalized spacial score (nSPS) is 11.0. The molecule has 0 saturated heterocycles. The number of hydrogen-bond donors (Lipinski definition) is 0. The van der Waals surface area contributed by atoms with Crippen molar-refractivity contribution in [1.82, 2.24) is 17.5 Å².